The summed E-state index contributed by atoms with van der Waals surface area (Å²) < 4.78 is 0. The highest BCUT2D eigenvalue weighted by Gasteiger charge is 2.13. The normalized spacial score (nSPS) is 10.2. The van der Waals surface area contributed by atoms with Gasteiger partial charge < -0.3 is 0 Å². The molecule has 0 aliphatic carbocycles. The van der Waals surface area contributed by atoms with Crippen LogP contribution in [0.5, 0.6) is 0 Å². The summed E-state index contributed by atoms with van der Waals surface area (Å²) in [5.41, 5.74) is 0. The molecule has 0 heterocycles. The summed E-state index contributed by atoms with van der Waals surface area (Å²) in [4.78, 5) is 32.4. The van der Waals surface area contributed by atoms with E-state index in [0.717, 1.165) is 6.42 Å². The average molecular weight is 184 g/mol. The fraction of sp³-hybridized carbons (Fsp3) is 0.700. The first kappa shape index (κ1) is 12.0. The van der Waals surface area contributed by atoms with E-state index in [9.17, 15) is 14.4 Å². The SMILES string of the molecule is CC(=O)C(=O)CC(=O)CCC(C)C. The van der Waals surface area contributed by atoms with Crippen LogP contribution >= 0.6 is 0 Å². The molecule has 0 saturated carbocycles. The number of Topliss-reactive ketones (excluding diaryl/α,β-unsaturated/α-hetero) is 3. The maximum atomic E-state index is 11.1. The Labute approximate surface area is 78.5 Å². The second kappa shape index (κ2) is 5.62. The highest BCUT2D eigenvalue weighted by molar-refractivity contribution is 6.39. The summed E-state index contributed by atoms with van der Waals surface area (Å²) >= 11 is 0. The van der Waals surface area contributed by atoms with Crippen molar-refractivity contribution in [2.24, 2.45) is 5.92 Å². The molecule has 0 rings (SSSR count). The first-order valence-electron chi connectivity index (χ1n) is 4.49. The smallest absolute Gasteiger partial charge is 0.205 e. The number of carbonyl (C=O) groups is 3. The van der Waals surface area contributed by atoms with E-state index in [1.165, 1.54) is 6.92 Å². The molecule has 3 heteroatoms. The molecular formula is C10H16O3. The van der Waals surface area contributed by atoms with Crippen LogP contribution in [0.15, 0.2) is 0 Å². The molecular weight excluding hydrogens is 168 g/mol. The quantitative estimate of drug-likeness (QED) is 0.464. The van der Waals surface area contributed by atoms with Crippen molar-refractivity contribution in [1.82, 2.24) is 0 Å². The minimum Gasteiger partial charge on any atom is -0.299 e. The first-order valence-corrected chi connectivity index (χ1v) is 4.49. The van der Waals surface area contributed by atoms with Gasteiger partial charge in [0.05, 0.1) is 6.42 Å². The fourth-order valence-electron chi connectivity index (χ4n) is 0.842. The van der Waals surface area contributed by atoms with Gasteiger partial charge in [-0.25, -0.2) is 0 Å². The first-order chi connectivity index (χ1) is 5.93. The van der Waals surface area contributed by atoms with Crippen molar-refractivity contribution in [3.8, 4) is 0 Å². The summed E-state index contributed by atoms with van der Waals surface area (Å²) in [6.07, 6.45) is 0.961. The van der Waals surface area contributed by atoms with E-state index in [-0.39, 0.29) is 12.2 Å². The zero-order valence-corrected chi connectivity index (χ0v) is 8.42. The van der Waals surface area contributed by atoms with E-state index in [1.807, 2.05) is 13.8 Å². The molecule has 0 saturated heterocycles. The third kappa shape index (κ3) is 6.20. The van der Waals surface area contributed by atoms with Crippen molar-refractivity contribution in [2.75, 3.05) is 0 Å². The van der Waals surface area contributed by atoms with Crippen molar-refractivity contribution in [1.29, 1.82) is 0 Å². The van der Waals surface area contributed by atoms with Gasteiger partial charge in [-0.2, -0.15) is 0 Å². The van der Waals surface area contributed by atoms with Gasteiger partial charge in [0, 0.05) is 13.3 Å². The molecule has 0 spiro atoms. The standard InChI is InChI=1S/C10H16O3/c1-7(2)4-5-9(12)6-10(13)8(3)11/h7H,4-6H2,1-3H3. The Morgan fingerprint density at radius 3 is 2.08 bits per heavy atom. The second-order valence-corrected chi connectivity index (χ2v) is 3.63. The molecule has 0 radical (unpaired) electrons. The van der Waals surface area contributed by atoms with E-state index in [0.29, 0.717) is 12.3 Å². The third-order valence-electron chi connectivity index (χ3n) is 1.75. The lowest BCUT2D eigenvalue weighted by Gasteiger charge is -2.01. The van der Waals surface area contributed by atoms with Gasteiger partial charge in [0.2, 0.25) is 5.78 Å². The monoisotopic (exact) mass is 184 g/mol. The van der Waals surface area contributed by atoms with Crippen molar-refractivity contribution < 1.29 is 14.4 Å². The van der Waals surface area contributed by atoms with Crippen molar-refractivity contribution in [2.45, 2.75) is 40.0 Å². The van der Waals surface area contributed by atoms with Crippen LogP contribution in [-0.4, -0.2) is 17.3 Å². The van der Waals surface area contributed by atoms with Crippen LogP contribution < -0.4 is 0 Å². The van der Waals surface area contributed by atoms with E-state index < -0.39 is 11.6 Å². The molecule has 74 valence electrons. The molecule has 0 bridgehead atoms. The Morgan fingerprint density at radius 1 is 1.15 bits per heavy atom. The zero-order valence-electron chi connectivity index (χ0n) is 8.42. The van der Waals surface area contributed by atoms with E-state index in [1.54, 1.807) is 0 Å². The highest BCUT2D eigenvalue weighted by Crippen LogP contribution is 2.05. The largest absolute Gasteiger partial charge is 0.299 e. The van der Waals surface area contributed by atoms with Gasteiger partial charge in [0.1, 0.15) is 5.78 Å². The van der Waals surface area contributed by atoms with E-state index >= 15 is 0 Å². The van der Waals surface area contributed by atoms with E-state index in [4.69, 9.17) is 0 Å². The lowest BCUT2D eigenvalue weighted by Crippen LogP contribution is -2.15. The minimum absolute atomic E-state index is 0.131. The lowest BCUT2D eigenvalue weighted by molar-refractivity contribution is -0.137. The maximum Gasteiger partial charge on any atom is 0.205 e. The number of rotatable bonds is 6. The van der Waals surface area contributed by atoms with Gasteiger partial charge in [0.25, 0.3) is 0 Å². The molecule has 0 aliphatic heterocycles. The van der Waals surface area contributed by atoms with Crippen LogP contribution in [0.2, 0.25) is 0 Å². The summed E-state index contributed by atoms with van der Waals surface area (Å²) in [6.45, 7) is 5.22. The Kier molecular flexibility index (Phi) is 5.19. The van der Waals surface area contributed by atoms with Gasteiger partial charge in [-0.05, 0) is 12.3 Å². The minimum atomic E-state index is -0.575. The molecule has 0 fully saturated rings. The van der Waals surface area contributed by atoms with Crippen LogP contribution in [-0.2, 0) is 14.4 Å². The van der Waals surface area contributed by atoms with Crippen LogP contribution in [0, 0.1) is 5.92 Å². The molecule has 0 aromatic rings. The van der Waals surface area contributed by atoms with Gasteiger partial charge >= 0.3 is 0 Å². The topological polar surface area (TPSA) is 51.2 Å². The van der Waals surface area contributed by atoms with Crippen LogP contribution in [0.25, 0.3) is 0 Å². The number of carbonyl (C=O) groups excluding carboxylic acids is 3. The predicted octanol–water partition coefficient (Wildman–Crippen LogP) is 1.54. The summed E-state index contributed by atoms with van der Waals surface area (Å²) in [7, 11) is 0. The molecule has 0 atom stereocenters. The molecule has 0 aromatic carbocycles. The van der Waals surface area contributed by atoms with Gasteiger partial charge in [-0.3, -0.25) is 14.4 Å². The van der Waals surface area contributed by atoms with Crippen LogP contribution in [0.4, 0.5) is 0 Å². The fourth-order valence-corrected chi connectivity index (χ4v) is 0.842. The van der Waals surface area contributed by atoms with E-state index in [2.05, 4.69) is 0 Å². The Balaban J connectivity index is 3.75. The van der Waals surface area contributed by atoms with Crippen LogP contribution in [0.1, 0.15) is 40.0 Å². The molecule has 0 N–H and O–H groups in total. The zero-order chi connectivity index (χ0) is 10.4. The van der Waals surface area contributed by atoms with Crippen LogP contribution in [0.3, 0.4) is 0 Å². The molecule has 3 nitrogen and oxygen atoms in total. The number of ketones is 3. The molecule has 0 amide bonds. The van der Waals surface area contributed by atoms with Crippen molar-refractivity contribution in [3.63, 3.8) is 0 Å². The van der Waals surface area contributed by atoms with Crippen molar-refractivity contribution in [3.05, 3.63) is 0 Å². The summed E-state index contributed by atoms with van der Waals surface area (Å²) in [5, 5.41) is 0. The predicted molar refractivity (Wildman–Crippen MR) is 49.4 cm³/mol. The number of hydrogen-bond donors (Lipinski definition) is 0. The molecule has 0 unspecified atom stereocenters. The average Bonchev–Trinajstić information content (AvgIpc) is 2.00. The lowest BCUT2D eigenvalue weighted by atomic mass is 10.0. The van der Waals surface area contributed by atoms with Gasteiger partial charge in [-0.1, -0.05) is 13.8 Å². The summed E-state index contributed by atoms with van der Waals surface area (Å²) in [6, 6.07) is 0. The van der Waals surface area contributed by atoms with Crippen molar-refractivity contribution >= 4 is 17.3 Å². The Hall–Kier alpha value is -0.990. The van der Waals surface area contributed by atoms with Gasteiger partial charge in [0.15, 0.2) is 5.78 Å². The highest BCUT2D eigenvalue weighted by atomic mass is 16.2. The molecule has 13 heavy (non-hydrogen) atoms. The molecule has 0 aliphatic rings. The second-order valence-electron chi connectivity index (χ2n) is 3.63. The maximum absolute atomic E-state index is 11.1. The number of hydrogen-bond acceptors (Lipinski definition) is 3. The molecule has 0 aromatic heterocycles. The van der Waals surface area contributed by atoms with Gasteiger partial charge in [-0.15, -0.1) is 0 Å². The third-order valence-corrected chi connectivity index (χ3v) is 1.75. The summed E-state index contributed by atoms with van der Waals surface area (Å²) in [5.74, 6) is -0.781. The Morgan fingerprint density at radius 2 is 1.69 bits per heavy atom. The Bertz CT molecular complexity index is 216.